The van der Waals surface area contributed by atoms with Gasteiger partial charge in [-0.2, -0.15) is 0 Å². The van der Waals surface area contributed by atoms with Crippen molar-refractivity contribution in [2.24, 2.45) is 5.73 Å². The molecule has 0 bridgehead atoms. The molecule has 0 spiro atoms. The number of aromatic amines is 1. The van der Waals surface area contributed by atoms with Crippen LogP contribution in [0.5, 0.6) is 0 Å². The molecule has 0 unspecified atom stereocenters. The molecule has 1 rings (SSSR count). The summed E-state index contributed by atoms with van der Waals surface area (Å²) in [5, 5.41) is 0. The lowest BCUT2D eigenvalue weighted by Crippen LogP contribution is -1.97. The summed E-state index contributed by atoms with van der Waals surface area (Å²) in [5.74, 6) is 0.833. The lowest BCUT2D eigenvalue weighted by molar-refractivity contribution is 0.950. The number of hydrogen-bond acceptors (Lipinski definition) is 2. The van der Waals surface area contributed by atoms with Crippen molar-refractivity contribution in [3.63, 3.8) is 0 Å². The largest absolute Gasteiger partial charge is 0.348 e. The van der Waals surface area contributed by atoms with Gasteiger partial charge in [0.2, 0.25) is 0 Å². The van der Waals surface area contributed by atoms with Crippen LogP contribution in [-0.4, -0.2) is 9.97 Å². The van der Waals surface area contributed by atoms with E-state index in [2.05, 4.69) is 9.97 Å². The molecule has 1 aromatic rings. The minimum absolute atomic E-state index is 0.493. The van der Waals surface area contributed by atoms with E-state index in [0.717, 1.165) is 5.82 Å². The van der Waals surface area contributed by atoms with Gasteiger partial charge in [-0.05, 0) is 0 Å². The standard InChI is InChI=1S/C4H7N3.C2H6/c5-3-4-6-1-2-7-4;1-2/h1-2H,3,5H2,(H,6,7);1-2H3. The number of nitrogens with two attached hydrogens (primary N) is 1. The van der Waals surface area contributed by atoms with Crippen LogP contribution in [0.25, 0.3) is 0 Å². The first-order valence-electron chi connectivity index (χ1n) is 3.12. The predicted molar refractivity (Wildman–Crippen MR) is 37.8 cm³/mol. The molecule has 0 radical (unpaired) electrons. The van der Waals surface area contributed by atoms with E-state index in [9.17, 15) is 0 Å². The molecular formula is C6H13N3. The second kappa shape index (κ2) is 5.31. The fourth-order valence-electron chi connectivity index (χ4n) is 0.410. The summed E-state index contributed by atoms with van der Waals surface area (Å²) in [6.07, 6.45) is 3.43. The highest BCUT2D eigenvalue weighted by Gasteiger charge is 1.82. The average molecular weight is 127 g/mol. The topological polar surface area (TPSA) is 54.7 Å². The maximum absolute atomic E-state index is 5.20. The summed E-state index contributed by atoms with van der Waals surface area (Å²) in [6, 6.07) is 0. The minimum atomic E-state index is 0.493. The number of imidazole rings is 1. The van der Waals surface area contributed by atoms with Crippen molar-refractivity contribution < 1.29 is 0 Å². The van der Waals surface area contributed by atoms with Gasteiger partial charge in [-0.25, -0.2) is 4.98 Å². The Bertz CT molecular complexity index is 123. The number of H-pyrrole nitrogens is 1. The van der Waals surface area contributed by atoms with Gasteiger partial charge in [0.15, 0.2) is 0 Å². The maximum atomic E-state index is 5.20. The number of aromatic nitrogens is 2. The average Bonchev–Trinajstić information content (AvgIpc) is 2.43. The Morgan fingerprint density at radius 3 is 2.56 bits per heavy atom. The van der Waals surface area contributed by atoms with Crippen LogP contribution in [0.4, 0.5) is 0 Å². The van der Waals surface area contributed by atoms with E-state index in [-0.39, 0.29) is 0 Å². The van der Waals surface area contributed by atoms with Crippen molar-refractivity contribution in [2.75, 3.05) is 0 Å². The van der Waals surface area contributed by atoms with Crippen LogP contribution in [-0.2, 0) is 6.54 Å². The van der Waals surface area contributed by atoms with Gasteiger partial charge >= 0.3 is 0 Å². The Hall–Kier alpha value is -0.830. The van der Waals surface area contributed by atoms with Gasteiger partial charge in [0.25, 0.3) is 0 Å². The van der Waals surface area contributed by atoms with Gasteiger partial charge in [0.05, 0.1) is 6.54 Å². The molecule has 0 atom stereocenters. The fraction of sp³-hybridized carbons (Fsp3) is 0.500. The lowest BCUT2D eigenvalue weighted by Gasteiger charge is -1.80. The number of nitrogens with one attached hydrogen (secondary N) is 1. The molecular weight excluding hydrogens is 114 g/mol. The van der Waals surface area contributed by atoms with Gasteiger partial charge < -0.3 is 10.7 Å². The SMILES string of the molecule is CC.NCc1ncc[nH]1. The highest BCUT2D eigenvalue weighted by Crippen LogP contribution is 1.81. The van der Waals surface area contributed by atoms with E-state index in [0.29, 0.717) is 6.54 Å². The van der Waals surface area contributed by atoms with Crippen molar-refractivity contribution in [3.05, 3.63) is 18.2 Å². The number of rotatable bonds is 1. The molecule has 9 heavy (non-hydrogen) atoms. The highest BCUT2D eigenvalue weighted by molar-refractivity contribution is 4.84. The van der Waals surface area contributed by atoms with Crippen molar-refractivity contribution in [2.45, 2.75) is 20.4 Å². The monoisotopic (exact) mass is 127 g/mol. The summed E-state index contributed by atoms with van der Waals surface area (Å²) in [5.41, 5.74) is 5.20. The van der Waals surface area contributed by atoms with Crippen LogP contribution in [0, 0.1) is 0 Å². The molecule has 0 amide bonds. The van der Waals surface area contributed by atoms with Gasteiger partial charge in [0, 0.05) is 12.4 Å². The molecule has 0 aliphatic heterocycles. The van der Waals surface area contributed by atoms with Crippen molar-refractivity contribution in [3.8, 4) is 0 Å². The van der Waals surface area contributed by atoms with E-state index in [1.165, 1.54) is 0 Å². The second-order valence-electron chi connectivity index (χ2n) is 1.24. The zero-order valence-corrected chi connectivity index (χ0v) is 5.89. The van der Waals surface area contributed by atoms with E-state index >= 15 is 0 Å². The number of nitrogens with zero attached hydrogens (tertiary/aromatic N) is 1. The molecule has 3 nitrogen and oxygen atoms in total. The van der Waals surface area contributed by atoms with E-state index < -0.39 is 0 Å². The summed E-state index contributed by atoms with van der Waals surface area (Å²) in [4.78, 5) is 6.70. The summed E-state index contributed by atoms with van der Waals surface area (Å²) < 4.78 is 0. The molecule has 1 heterocycles. The third-order valence-electron chi connectivity index (χ3n) is 0.748. The first kappa shape index (κ1) is 8.17. The van der Waals surface area contributed by atoms with E-state index in [1.54, 1.807) is 12.4 Å². The molecule has 0 aliphatic rings. The first-order chi connectivity index (χ1) is 4.43. The van der Waals surface area contributed by atoms with Crippen molar-refractivity contribution >= 4 is 0 Å². The smallest absolute Gasteiger partial charge is 0.119 e. The molecule has 0 fully saturated rings. The quantitative estimate of drug-likeness (QED) is 0.588. The van der Waals surface area contributed by atoms with Crippen molar-refractivity contribution in [1.82, 2.24) is 9.97 Å². The molecule has 0 aromatic carbocycles. The molecule has 0 aliphatic carbocycles. The zero-order chi connectivity index (χ0) is 7.11. The van der Waals surface area contributed by atoms with Gasteiger partial charge in [-0.1, -0.05) is 13.8 Å². The van der Waals surface area contributed by atoms with Crippen LogP contribution in [0.2, 0.25) is 0 Å². The molecule has 3 N–H and O–H groups in total. The van der Waals surface area contributed by atoms with Crippen LogP contribution in [0.3, 0.4) is 0 Å². The zero-order valence-electron chi connectivity index (χ0n) is 5.89. The fourth-order valence-corrected chi connectivity index (χ4v) is 0.410. The summed E-state index contributed by atoms with van der Waals surface area (Å²) >= 11 is 0. The molecule has 3 heteroatoms. The van der Waals surface area contributed by atoms with Crippen LogP contribution >= 0.6 is 0 Å². The van der Waals surface area contributed by atoms with Crippen LogP contribution in [0.15, 0.2) is 12.4 Å². The Labute approximate surface area is 55.3 Å². The molecule has 52 valence electrons. The Morgan fingerprint density at radius 2 is 2.33 bits per heavy atom. The Kier molecular flexibility index (Phi) is 4.82. The van der Waals surface area contributed by atoms with Crippen LogP contribution < -0.4 is 5.73 Å². The molecule has 1 aromatic heterocycles. The molecule has 0 saturated carbocycles. The predicted octanol–water partition coefficient (Wildman–Crippen LogP) is 0.895. The van der Waals surface area contributed by atoms with Gasteiger partial charge in [-0.3, -0.25) is 0 Å². The van der Waals surface area contributed by atoms with Gasteiger partial charge in [0.1, 0.15) is 5.82 Å². The van der Waals surface area contributed by atoms with Crippen molar-refractivity contribution in [1.29, 1.82) is 0 Å². The second-order valence-corrected chi connectivity index (χ2v) is 1.24. The lowest BCUT2D eigenvalue weighted by atomic mass is 10.6. The molecule has 0 saturated heterocycles. The summed E-state index contributed by atoms with van der Waals surface area (Å²) in [7, 11) is 0. The summed E-state index contributed by atoms with van der Waals surface area (Å²) in [6.45, 7) is 4.49. The Balaban J connectivity index is 0.000000291. The first-order valence-corrected chi connectivity index (χ1v) is 3.12. The van der Waals surface area contributed by atoms with Gasteiger partial charge in [-0.15, -0.1) is 0 Å². The third-order valence-corrected chi connectivity index (χ3v) is 0.748. The maximum Gasteiger partial charge on any atom is 0.119 e. The normalized spacial score (nSPS) is 7.89. The van der Waals surface area contributed by atoms with Crippen LogP contribution in [0.1, 0.15) is 19.7 Å². The highest BCUT2D eigenvalue weighted by atomic mass is 14.9. The minimum Gasteiger partial charge on any atom is -0.348 e. The number of hydrogen-bond donors (Lipinski definition) is 2. The Morgan fingerprint density at radius 1 is 1.67 bits per heavy atom. The third kappa shape index (κ3) is 2.87. The van der Waals surface area contributed by atoms with E-state index in [1.807, 2.05) is 13.8 Å². The van der Waals surface area contributed by atoms with E-state index in [4.69, 9.17) is 5.73 Å².